The Morgan fingerprint density at radius 3 is 2.44 bits per heavy atom. The van der Waals surface area contributed by atoms with Crippen molar-refractivity contribution < 1.29 is 14.6 Å². The minimum absolute atomic E-state index is 0.563. The van der Waals surface area contributed by atoms with Crippen LogP contribution in [0, 0.1) is 0 Å². The Kier molecular flexibility index (Phi) is 5.56. The fourth-order valence-corrected chi connectivity index (χ4v) is 2.17. The maximum atomic E-state index is 10.5. The van der Waals surface area contributed by atoms with Crippen LogP contribution in [0.15, 0.2) is 18.5 Å². The van der Waals surface area contributed by atoms with E-state index in [-0.39, 0.29) is 0 Å². The zero-order valence-electron chi connectivity index (χ0n) is 11.6. The van der Waals surface area contributed by atoms with Gasteiger partial charge in [-0.25, -0.2) is 0 Å². The molecule has 0 saturated heterocycles. The highest BCUT2D eigenvalue weighted by molar-refractivity contribution is 5.26. The average molecular weight is 253 g/mol. The molecule has 0 aliphatic rings. The van der Waals surface area contributed by atoms with Crippen LogP contribution < -0.4 is 4.74 Å². The van der Waals surface area contributed by atoms with Gasteiger partial charge in [-0.15, -0.1) is 0 Å². The molecule has 0 aromatic carbocycles. The van der Waals surface area contributed by atoms with Crippen molar-refractivity contribution in [2.24, 2.45) is 0 Å². The number of methoxy groups -OCH3 is 1. The fourth-order valence-electron chi connectivity index (χ4n) is 2.17. The maximum absolute atomic E-state index is 10.5. The SMILES string of the molecule is CCOc1cncc(C(O)C(CC)(CC)OC)c1. The Bertz CT molecular complexity index is 356. The number of aromatic nitrogens is 1. The Morgan fingerprint density at radius 1 is 1.28 bits per heavy atom. The Hall–Kier alpha value is -1.13. The summed E-state index contributed by atoms with van der Waals surface area (Å²) in [6.07, 6.45) is 4.07. The molecule has 0 fully saturated rings. The van der Waals surface area contributed by atoms with Crippen molar-refractivity contribution in [3.8, 4) is 5.75 Å². The number of ether oxygens (including phenoxy) is 2. The van der Waals surface area contributed by atoms with Crippen LogP contribution in [0.2, 0.25) is 0 Å². The highest BCUT2D eigenvalue weighted by Crippen LogP contribution is 2.35. The molecule has 0 spiro atoms. The maximum Gasteiger partial charge on any atom is 0.137 e. The smallest absolute Gasteiger partial charge is 0.137 e. The van der Waals surface area contributed by atoms with E-state index >= 15 is 0 Å². The number of nitrogens with zero attached hydrogens (tertiary/aromatic N) is 1. The van der Waals surface area contributed by atoms with Crippen LogP contribution >= 0.6 is 0 Å². The van der Waals surface area contributed by atoms with E-state index in [0.717, 1.165) is 18.4 Å². The van der Waals surface area contributed by atoms with E-state index in [1.165, 1.54) is 0 Å². The molecule has 18 heavy (non-hydrogen) atoms. The lowest BCUT2D eigenvalue weighted by Gasteiger charge is -2.35. The molecule has 1 aromatic rings. The summed E-state index contributed by atoms with van der Waals surface area (Å²) in [5, 5.41) is 10.5. The van der Waals surface area contributed by atoms with Crippen LogP contribution in [0.5, 0.6) is 5.75 Å². The average Bonchev–Trinajstić information content (AvgIpc) is 2.42. The molecule has 0 amide bonds. The van der Waals surface area contributed by atoms with Gasteiger partial charge >= 0.3 is 0 Å². The predicted octanol–water partition coefficient (Wildman–Crippen LogP) is 2.72. The van der Waals surface area contributed by atoms with E-state index < -0.39 is 11.7 Å². The van der Waals surface area contributed by atoms with Gasteiger partial charge in [-0.2, -0.15) is 0 Å². The minimum Gasteiger partial charge on any atom is -0.492 e. The number of aliphatic hydroxyl groups excluding tert-OH is 1. The lowest BCUT2D eigenvalue weighted by Crippen LogP contribution is -2.37. The monoisotopic (exact) mass is 253 g/mol. The number of hydrogen-bond acceptors (Lipinski definition) is 4. The summed E-state index contributed by atoms with van der Waals surface area (Å²) in [7, 11) is 1.63. The summed E-state index contributed by atoms with van der Waals surface area (Å²) >= 11 is 0. The first-order chi connectivity index (χ1) is 8.63. The van der Waals surface area contributed by atoms with Gasteiger partial charge in [-0.1, -0.05) is 13.8 Å². The van der Waals surface area contributed by atoms with Crippen molar-refractivity contribution in [3.63, 3.8) is 0 Å². The normalized spacial score (nSPS) is 13.4. The van der Waals surface area contributed by atoms with Crippen LogP contribution in [0.4, 0.5) is 0 Å². The molecule has 1 heterocycles. The molecule has 0 aliphatic carbocycles. The van der Waals surface area contributed by atoms with Crippen LogP contribution in [-0.4, -0.2) is 29.4 Å². The third kappa shape index (κ3) is 3.00. The molecule has 0 aliphatic heterocycles. The van der Waals surface area contributed by atoms with Crippen LogP contribution in [0.25, 0.3) is 0 Å². The van der Waals surface area contributed by atoms with Crippen LogP contribution in [0.1, 0.15) is 45.3 Å². The van der Waals surface area contributed by atoms with Crippen molar-refractivity contribution in [3.05, 3.63) is 24.0 Å². The molecule has 0 saturated carbocycles. The third-order valence-electron chi connectivity index (χ3n) is 3.46. The van der Waals surface area contributed by atoms with Gasteiger partial charge in [0.2, 0.25) is 0 Å². The zero-order valence-corrected chi connectivity index (χ0v) is 11.6. The Balaban J connectivity index is 3.01. The topological polar surface area (TPSA) is 51.6 Å². The van der Waals surface area contributed by atoms with Gasteiger partial charge in [0.25, 0.3) is 0 Å². The van der Waals surface area contributed by atoms with Gasteiger partial charge in [0.15, 0.2) is 0 Å². The van der Waals surface area contributed by atoms with E-state index in [9.17, 15) is 5.11 Å². The second kappa shape index (κ2) is 6.71. The fraction of sp³-hybridized carbons (Fsp3) is 0.643. The van der Waals surface area contributed by atoms with Gasteiger partial charge in [0.1, 0.15) is 11.9 Å². The second-order valence-electron chi connectivity index (χ2n) is 4.27. The first-order valence-electron chi connectivity index (χ1n) is 6.44. The molecular weight excluding hydrogens is 230 g/mol. The molecule has 4 nitrogen and oxygen atoms in total. The van der Waals surface area contributed by atoms with E-state index in [1.807, 2.05) is 26.8 Å². The largest absolute Gasteiger partial charge is 0.492 e. The Morgan fingerprint density at radius 2 is 1.94 bits per heavy atom. The summed E-state index contributed by atoms with van der Waals surface area (Å²) in [6, 6.07) is 1.82. The molecule has 0 bridgehead atoms. The molecule has 1 N–H and O–H groups in total. The molecular formula is C14H23NO3. The number of aliphatic hydroxyl groups is 1. The second-order valence-corrected chi connectivity index (χ2v) is 4.27. The third-order valence-corrected chi connectivity index (χ3v) is 3.46. The molecule has 4 heteroatoms. The van der Waals surface area contributed by atoms with Crippen LogP contribution in [-0.2, 0) is 4.74 Å². The van der Waals surface area contributed by atoms with Gasteiger partial charge in [-0.3, -0.25) is 4.98 Å². The number of rotatable bonds is 7. The number of pyridine rings is 1. The van der Waals surface area contributed by atoms with Gasteiger partial charge in [0.05, 0.1) is 18.4 Å². The van der Waals surface area contributed by atoms with E-state index in [2.05, 4.69) is 4.98 Å². The first-order valence-corrected chi connectivity index (χ1v) is 6.44. The van der Waals surface area contributed by atoms with Gasteiger partial charge < -0.3 is 14.6 Å². The molecule has 102 valence electrons. The van der Waals surface area contributed by atoms with E-state index in [4.69, 9.17) is 9.47 Å². The highest BCUT2D eigenvalue weighted by Gasteiger charge is 2.35. The van der Waals surface area contributed by atoms with Crippen LogP contribution in [0.3, 0.4) is 0 Å². The molecule has 1 atom stereocenters. The molecule has 1 rings (SSSR count). The minimum atomic E-state index is -0.703. The lowest BCUT2D eigenvalue weighted by molar-refractivity contribution is -0.110. The summed E-state index contributed by atoms with van der Waals surface area (Å²) in [5.74, 6) is 0.672. The summed E-state index contributed by atoms with van der Waals surface area (Å²) in [5.41, 5.74) is 0.165. The van der Waals surface area contributed by atoms with Crippen molar-refractivity contribution in [1.82, 2.24) is 4.98 Å². The van der Waals surface area contributed by atoms with E-state index in [1.54, 1.807) is 19.5 Å². The lowest BCUT2D eigenvalue weighted by atomic mass is 9.86. The van der Waals surface area contributed by atoms with Gasteiger partial charge in [0, 0.05) is 18.9 Å². The summed E-state index contributed by atoms with van der Waals surface area (Å²) < 4.78 is 10.9. The predicted molar refractivity (Wildman–Crippen MR) is 70.7 cm³/mol. The first kappa shape index (κ1) is 14.9. The standard InChI is InChI=1S/C14H23NO3/c1-5-14(6-2,17-4)13(16)11-8-12(18-7-3)10-15-9-11/h8-10,13,16H,5-7H2,1-4H3. The quantitative estimate of drug-likeness (QED) is 0.811. The summed E-state index contributed by atoms with van der Waals surface area (Å²) in [6.45, 7) is 6.52. The molecule has 1 aromatic heterocycles. The highest BCUT2D eigenvalue weighted by atomic mass is 16.5. The van der Waals surface area contributed by atoms with Gasteiger partial charge in [-0.05, 0) is 25.8 Å². The van der Waals surface area contributed by atoms with Crippen molar-refractivity contribution in [2.45, 2.75) is 45.3 Å². The van der Waals surface area contributed by atoms with Crippen molar-refractivity contribution >= 4 is 0 Å². The number of hydrogen-bond donors (Lipinski definition) is 1. The van der Waals surface area contributed by atoms with E-state index in [0.29, 0.717) is 12.4 Å². The van der Waals surface area contributed by atoms with Crippen molar-refractivity contribution in [2.75, 3.05) is 13.7 Å². The molecule has 1 unspecified atom stereocenters. The summed E-state index contributed by atoms with van der Waals surface area (Å²) in [4.78, 5) is 4.10. The Labute approximate surface area is 109 Å². The van der Waals surface area contributed by atoms with Crippen molar-refractivity contribution in [1.29, 1.82) is 0 Å². The molecule has 0 radical (unpaired) electrons. The zero-order chi connectivity index (χ0) is 13.6.